The summed E-state index contributed by atoms with van der Waals surface area (Å²) in [4.78, 5) is 19.2. The maximum absolute atomic E-state index is 9.59. The summed E-state index contributed by atoms with van der Waals surface area (Å²) in [5.41, 5.74) is -2.88. The Labute approximate surface area is 108 Å². The Bertz CT molecular complexity index is 218. The molecule has 1 atom stereocenters. The minimum Gasteiger partial charge on any atom is -0.341 e. The van der Waals surface area contributed by atoms with Gasteiger partial charge in [-0.1, -0.05) is 58.2 Å². The maximum Gasteiger partial charge on any atom is 0.198 e. The molecule has 0 aliphatic carbocycles. The average Bonchev–Trinajstić information content (AvgIpc) is 2.20. The fourth-order valence-electron chi connectivity index (χ4n) is 1.63. The van der Waals surface area contributed by atoms with E-state index in [1.54, 1.807) is 0 Å². The Morgan fingerprint density at radius 2 is 1.44 bits per heavy atom. The second kappa shape index (κ2) is 10.0. The van der Waals surface area contributed by atoms with Gasteiger partial charge < -0.3 is 9.79 Å². The van der Waals surface area contributed by atoms with E-state index in [9.17, 15) is 9.79 Å². The van der Waals surface area contributed by atoms with E-state index < -0.39 is 5.69 Å². The largest absolute Gasteiger partial charge is 0.341 e. The monoisotopic (exact) mass is 286 g/mol. The summed E-state index contributed by atoms with van der Waals surface area (Å²) in [7, 11) is -0.263. The summed E-state index contributed by atoms with van der Waals surface area (Å²) in [6.07, 6.45) is 8.56. The third-order valence-corrected chi connectivity index (χ3v) is 10.1. The Morgan fingerprint density at radius 1 is 0.875 bits per heavy atom. The molecule has 0 rings (SSSR count). The van der Waals surface area contributed by atoms with Crippen LogP contribution in [0.4, 0.5) is 0 Å². The smallest absolute Gasteiger partial charge is 0.198 e. The van der Waals surface area contributed by atoms with Gasteiger partial charge in [0, 0.05) is 0 Å². The van der Waals surface area contributed by atoms with Crippen molar-refractivity contribution in [2.45, 2.75) is 58.8 Å². The van der Waals surface area contributed by atoms with Crippen molar-refractivity contribution < 1.29 is 9.79 Å². The first-order valence-corrected chi connectivity index (χ1v) is 11.3. The predicted octanol–water partition coefficient (Wildman–Crippen LogP) is 3.97. The maximum atomic E-state index is 9.59. The number of rotatable bonds is 9. The van der Waals surface area contributed by atoms with Crippen LogP contribution in [0, 0.1) is 0 Å². The average molecular weight is 286 g/mol. The van der Waals surface area contributed by atoms with Crippen LogP contribution in [0.1, 0.15) is 58.8 Å². The molecule has 0 spiro atoms. The zero-order valence-corrected chi connectivity index (χ0v) is 13.2. The van der Waals surface area contributed by atoms with Crippen LogP contribution in [0.2, 0.25) is 0 Å². The number of thiol groups is 1. The van der Waals surface area contributed by atoms with Crippen molar-refractivity contribution in [3.63, 3.8) is 0 Å². The van der Waals surface area contributed by atoms with Crippen molar-refractivity contribution >= 4 is 28.0 Å². The first-order chi connectivity index (χ1) is 7.52. The molecule has 16 heavy (non-hydrogen) atoms. The Morgan fingerprint density at radius 3 is 1.94 bits per heavy atom. The molecule has 2 N–H and O–H groups in total. The van der Waals surface area contributed by atoms with Crippen molar-refractivity contribution in [3.8, 4) is 0 Å². The van der Waals surface area contributed by atoms with Gasteiger partial charge in [-0.2, -0.15) is 0 Å². The van der Waals surface area contributed by atoms with Crippen LogP contribution >= 0.6 is 17.9 Å². The van der Waals surface area contributed by atoms with Gasteiger partial charge >= 0.3 is 0 Å². The molecule has 100 valence electrons. The quantitative estimate of drug-likeness (QED) is 0.341. The molecule has 0 aromatic heterocycles. The Balaban J connectivity index is 3.79. The lowest BCUT2D eigenvalue weighted by Crippen LogP contribution is -2.03. The van der Waals surface area contributed by atoms with Gasteiger partial charge in [-0.3, -0.25) is 0 Å². The molecule has 0 bridgehead atoms. The summed E-state index contributed by atoms with van der Waals surface area (Å²) in [5.74, 6) is 1.86. The summed E-state index contributed by atoms with van der Waals surface area (Å²) in [5, 5.41) is 0. The summed E-state index contributed by atoms with van der Waals surface area (Å²) in [6.45, 7) is 4.31. The van der Waals surface area contributed by atoms with Crippen LogP contribution < -0.4 is 0 Å². The van der Waals surface area contributed by atoms with E-state index >= 15 is 0 Å². The van der Waals surface area contributed by atoms with E-state index in [0.29, 0.717) is 0 Å². The minimum absolute atomic E-state index is 0.263. The first-order valence-electron chi connectivity index (χ1n) is 6.27. The molecule has 0 aliphatic heterocycles. The van der Waals surface area contributed by atoms with E-state index in [1.165, 1.54) is 32.1 Å². The Kier molecular flexibility index (Phi) is 10.7. The highest BCUT2D eigenvalue weighted by atomic mass is 32.9. The summed E-state index contributed by atoms with van der Waals surface area (Å²) in [6, 6.07) is 0. The predicted molar refractivity (Wildman–Crippen MR) is 81.1 cm³/mol. The molecule has 0 aromatic rings. The van der Waals surface area contributed by atoms with Crippen molar-refractivity contribution in [1.82, 2.24) is 0 Å². The van der Waals surface area contributed by atoms with Gasteiger partial charge in [0.15, 0.2) is 5.69 Å². The lowest BCUT2D eigenvalue weighted by atomic mass is 10.1. The third-order valence-electron chi connectivity index (χ3n) is 2.52. The second-order valence-corrected chi connectivity index (χ2v) is 12.5. The standard InChI is InChI=1S/C11H27O2PS2/c1-3-5-6-7-8-9-11-16(10-4-2)14(12,13)15/h12-13,15H,3-11H2,1-2H3. The van der Waals surface area contributed by atoms with Crippen LogP contribution in [-0.2, 0) is 10.1 Å². The number of unbranched alkanes of at least 4 members (excludes halogenated alkanes) is 5. The Hall–Kier alpha value is 1.05. The summed E-state index contributed by atoms with van der Waals surface area (Å²) < 4.78 is 0. The molecule has 0 saturated heterocycles. The highest BCUT2D eigenvalue weighted by molar-refractivity contribution is 8.65. The molecule has 5 heteroatoms. The van der Waals surface area contributed by atoms with E-state index in [0.717, 1.165) is 24.3 Å². The van der Waals surface area contributed by atoms with Gasteiger partial charge in [-0.25, -0.2) is 0 Å². The van der Waals surface area contributed by atoms with Crippen LogP contribution in [0.5, 0.6) is 0 Å². The zero-order chi connectivity index (χ0) is 12.4. The van der Waals surface area contributed by atoms with E-state index in [1.807, 2.05) is 0 Å². The molecule has 0 aromatic carbocycles. The van der Waals surface area contributed by atoms with Crippen LogP contribution in [0.15, 0.2) is 0 Å². The molecule has 1 unspecified atom stereocenters. The normalized spacial score (nSPS) is 14.1. The van der Waals surface area contributed by atoms with Gasteiger partial charge in [0.25, 0.3) is 0 Å². The van der Waals surface area contributed by atoms with Crippen molar-refractivity contribution in [1.29, 1.82) is 0 Å². The van der Waals surface area contributed by atoms with Gasteiger partial charge in [0.1, 0.15) is 0 Å². The van der Waals surface area contributed by atoms with Crippen molar-refractivity contribution in [2.75, 3.05) is 11.5 Å². The fourth-order valence-corrected chi connectivity index (χ4v) is 7.21. The van der Waals surface area contributed by atoms with E-state index in [2.05, 4.69) is 26.1 Å². The molecule has 0 radical (unpaired) electrons. The fraction of sp³-hybridized carbons (Fsp3) is 1.00. The molecule has 0 saturated carbocycles. The lowest BCUT2D eigenvalue weighted by molar-refractivity contribution is 0.502. The minimum atomic E-state index is -2.88. The SMILES string of the molecule is CCCCCCCCS(CCC)=P(O)(O)S. The highest BCUT2D eigenvalue weighted by Crippen LogP contribution is 2.47. The molecule has 0 heterocycles. The molecule has 0 amide bonds. The molecule has 2 nitrogen and oxygen atoms in total. The van der Waals surface area contributed by atoms with Gasteiger partial charge in [0.05, 0.1) is 0 Å². The topological polar surface area (TPSA) is 40.5 Å². The zero-order valence-electron chi connectivity index (χ0n) is 10.6. The summed E-state index contributed by atoms with van der Waals surface area (Å²) >= 11 is 3.98. The second-order valence-electron chi connectivity index (χ2n) is 4.15. The molecule has 0 fully saturated rings. The van der Waals surface area contributed by atoms with Gasteiger partial charge in [0.2, 0.25) is 0 Å². The number of hydrogen-bond acceptors (Lipinski definition) is 0. The molecular formula is C11H27O2PS2. The van der Waals surface area contributed by atoms with Gasteiger partial charge in [-0.15, -0.1) is 10.1 Å². The molecular weight excluding hydrogens is 259 g/mol. The van der Waals surface area contributed by atoms with E-state index in [4.69, 9.17) is 0 Å². The first kappa shape index (κ1) is 17.1. The van der Waals surface area contributed by atoms with Gasteiger partial charge in [-0.05, 0) is 24.3 Å². The van der Waals surface area contributed by atoms with Crippen molar-refractivity contribution in [3.05, 3.63) is 0 Å². The third kappa shape index (κ3) is 9.12. The lowest BCUT2D eigenvalue weighted by Gasteiger charge is -2.15. The molecule has 0 aliphatic rings. The van der Waals surface area contributed by atoms with E-state index in [-0.39, 0.29) is 10.1 Å². The van der Waals surface area contributed by atoms with Crippen LogP contribution in [-0.4, -0.2) is 21.3 Å². The highest BCUT2D eigenvalue weighted by Gasteiger charge is 2.09. The van der Waals surface area contributed by atoms with Crippen LogP contribution in [0.3, 0.4) is 0 Å². The number of hydrogen-bond donors (Lipinski definition) is 3. The van der Waals surface area contributed by atoms with Crippen LogP contribution in [0.25, 0.3) is 0 Å². The van der Waals surface area contributed by atoms with Crippen molar-refractivity contribution in [2.24, 2.45) is 0 Å².